The minimum Gasteiger partial charge on any atom is -0.456 e. The van der Waals surface area contributed by atoms with Crippen LogP contribution in [-0.2, 0) is 28.6 Å². The molecule has 1 saturated heterocycles. The fourth-order valence-corrected chi connectivity index (χ4v) is 8.78. The van der Waals surface area contributed by atoms with Crippen LogP contribution in [0.15, 0.2) is 71.8 Å². The Kier molecular flexibility index (Phi) is 11.0. The summed E-state index contributed by atoms with van der Waals surface area (Å²) in [5.41, 5.74) is -4.17. The third-order valence-electron chi connectivity index (χ3n) is 11.8. The molecule has 3 fully saturated rings. The van der Waals surface area contributed by atoms with Crippen LogP contribution in [0.4, 0.5) is 0 Å². The number of carbonyl (C=O) groups is 4. The molecule has 50 heavy (non-hydrogen) atoms. The topological polar surface area (TPSA) is 169 Å². The van der Waals surface area contributed by atoms with Crippen LogP contribution in [-0.4, -0.2) is 81.2 Å². The number of ether oxygens (including phenoxy) is 3. The Morgan fingerprint density at radius 3 is 2.18 bits per heavy atom. The van der Waals surface area contributed by atoms with Gasteiger partial charge in [-0.25, -0.2) is 9.59 Å². The van der Waals surface area contributed by atoms with Crippen molar-refractivity contribution in [2.24, 2.45) is 16.7 Å². The molecule has 9 atom stereocenters. The number of hydrogen-bond acceptors (Lipinski definition) is 10. The Hall–Kier alpha value is -2.46. The molecule has 1 radical (unpaired) electrons. The maximum atomic E-state index is 14.5. The Morgan fingerprint density at radius 1 is 0.980 bits per heavy atom. The average molecular weight is 903 g/mol. The van der Waals surface area contributed by atoms with Crippen molar-refractivity contribution in [1.82, 2.24) is 5.32 Å². The molecule has 4 N–H and O–H groups in total. The number of esters is 2. The summed E-state index contributed by atoms with van der Waals surface area (Å²) in [4.78, 5) is 54.1. The molecule has 1 heterocycles. The average Bonchev–Trinajstić information content (AvgIpc) is 3.06. The van der Waals surface area contributed by atoms with Crippen molar-refractivity contribution in [1.29, 1.82) is 0 Å². The number of benzene rings is 2. The quantitative estimate of drug-likeness (QED) is 0.239. The van der Waals surface area contributed by atoms with E-state index >= 15 is 0 Å². The van der Waals surface area contributed by atoms with Crippen molar-refractivity contribution in [3.8, 4) is 0 Å². The molecule has 1 amide bonds. The van der Waals surface area contributed by atoms with Crippen LogP contribution in [0.5, 0.6) is 0 Å². The van der Waals surface area contributed by atoms with Crippen molar-refractivity contribution in [2.45, 2.75) is 102 Å². The second-order valence-electron chi connectivity index (χ2n) is 14.9. The fourth-order valence-electron chi connectivity index (χ4n) is 8.78. The van der Waals surface area contributed by atoms with Crippen LogP contribution in [0.25, 0.3) is 0 Å². The molecule has 2 saturated carbocycles. The zero-order chi connectivity index (χ0) is 35.5. The van der Waals surface area contributed by atoms with E-state index in [9.17, 15) is 34.5 Å². The predicted molar refractivity (Wildman–Crippen MR) is 176 cm³/mol. The van der Waals surface area contributed by atoms with Gasteiger partial charge in [-0.15, -0.1) is 0 Å². The van der Waals surface area contributed by atoms with Crippen molar-refractivity contribution in [2.75, 3.05) is 6.61 Å². The first-order valence-electron chi connectivity index (χ1n) is 16.8. The van der Waals surface area contributed by atoms with Gasteiger partial charge in [-0.1, -0.05) is 74.9 Å². The number of aliphatic hydroxyl groups excluding tert-OH is 1. The molecule has 1 aliphatic heterocycles. The number of ketones is 1. The molecule has 12 heteroatoms. The summed E-state index contributed by atoms with van der Waals surface area (Å²) in [6.07, 6.45) is -4.61. The van der Waals surface area contributed by atoms with Crippen molar-refractivity contribution < 1.29 is 92.8 Å². The molecule has 265 valence electrons. The summed E-state index contributed by atoms with van der Waals surface area (Å²) in [6, 6.07) is 15.7. The Labute approximate surface area is 327 Å². The number of rotatable bonds is 7. The summed E-state index contributed by atoms with van der Waals surface area (Å²) in [6.45, 7) is 8.20. The van der Waals surface area contributed by atoms with Gasteiger partial charge in [0.05, 0.1) is 24.3 Å². The van der Waals surface area contributed by atoms with E-state index < -0.39 is 76.3 Å². The maximum Gasteiger partial charge on any atom is 0.338 e. The molecule has 2 aromatic rings. The second kappa shape index (κ2) is 14.2. The number of hydrogen-bond donors (Lipinski definition) is 4. The Morgan fingerprint density at radius 2 is 1.60 bits per heavy atom. The summed E-state index contributed by atoms with van der Waals surface area (Å²) in [5.74, 6) is -3.51. The molecule has 8 unspecified atom stereocenters. The maximum absolute atomic E-state index is 14.5. The van der Waals surface area contributed by atoms with Crippen molar-refractivity contribution in [3.05, 3.63) is 82.9 Å². The first-order valence-corrected chi connectivity index (χ1v) is 16.8. The van der Waals surface area contributed by atoms with Crippen molar-refractivity contribution >= 4 is 23.6 Å². The number of nitrogens with one attached hydrogen (secondary N) is 1. The molecular weight excluding hydrogens is 857 g/mol. The first kappa shape index (κ1) is 38.8. The molecule has 2 aromatic carbocycles. The molecule has 4 aliphatic rings. The van der Waals surface area contributed by atoms with Gasteiger partial charge in [0.2, 0.25) is 5.91 Å². The van der Waals surface area contributed by atoms with Crippen LogP contribution in [0.2, 0.25) is 0 Å². The fraction of sp³-hybridized carbons (Fsp3) is 0.526. The molecule has 6 rings (SSSR count). The van der Waals surface area contributed by atoms with Gasteiger partial charge in [-0.2, -0.15) is 0 Å². The predicted octanol–water partition coefficient (Wildman–Crippen LogP) is 3.36. The van der Waals surface area contributed by atoms with Crippen LogP contribution in [0, 0.1) is 60.8 Å². The smallest absolute Gasteiger partial charge is 0.338 e. The SMILES string of the molecule is CC(=O)NC(c1ccccc1)C(O)C(=O)OC1CC2(O)C(OC(=O)c3ccccc3)C3C4(O)COC4CC[C@@]3(C)C(=O)CC(=C1C)C2(C)C.[Ac]. The summed E-state index contributed by atoms with van der Waals surface area (Å²) < 4.78 is 18.0. The summed E-state index contributed by atoms with van der Waals surface area (Å²) >= 11 is 0. The minimum atomic E-state index is -1.97. The van der Waals surface area contributed by atoms with Crippen LogP contribution in [0.3, 0.4) is 0 Å². The van der Waals surface area contributed by atoms with E-state index in [1.165, 1.54) is 6.92 Å². The second-order valence-corrected chi connectivity index (χ2v) is 14.9. The first-order chi connectivity index (χ1) is 23.0. The van der Waals surface area contributed by atoms with E-state index in [-0.39, 0.29) is 74.9 Å². The van der Waals surface area contributed by atoms with Crippen LogP contribution < -0.4 is 5.32 Å². The minimum absolute atomic E-state index is 0. The van der Waals surface area contributed by atoms with Gasteiger partial charge in [0.15, 0.2) is 6.10 Å². The summed E-state index contributed by atoms with van der Waals surface area (Å²) in [5, 5.41) is 39.2. The van der Waals surface area contributed by atoms with E-state index in [2.05, 4.69) is 5.32 Å². The van der Waals surface area contributed by atoms with Gasteiger partial charge in [0.1, 0.15) is 29.2 Å². The Bertz CT molecular complexity index is 1680. The van der Waals surface area contributed by atoms with E-state index in [1.54, 1.807) is 88.4 Å². The molecule has 2 bridgehead atoms. The van der Waals surface area contributed by atoms with Gasteiger partial charge in [-0.05, 0) is 43.0 Å². The normalized spacial score (nSPS) is 33.8. The van der Waals surface area contributed by atoms with Gasteiger partial charge in [0, 0.05) is 80.6 Å². The van der Waals surface area contributed by atoms with Crippen molar-refractivity contribution in [3.63, 3.8) is 0 Å². The number of Topliss-reactive ketones (excluding diaryl/α,β-unsaturated/α-hetero) is 1. The van der Waals surface area contributed by atoms with E-state index in [0.717, 1.165) is 0 Å². The van der Waals surface area contributed by atoms with Gasteiger partial charge in [0.25, 0.3) is 0 Å². The molecule has 0 spiro atoms. The zero-order valence-corrected chi connectivity index (χ0v) is 33.8. The number of aliphatic hydroxyl groups is 3. The third kappa shape index (κ3) is 6.32. The molecule has 3 aliphatic carbocycles. The molecule has 11 nitrogen and oxygen atoms in total. The van der Waals surface area contributed by atoms with Crippen LogP contribution >= 0.6 is 0 Å². The number of fused-ring (bicyclic) bond motifs is 5. The van der Waals surface area contributed by atoms with E-state index in [1.807, 2.05) is 0 Å². The van der Waals surface area contributed by atoms with Gasteiger partial charge >= 0.3 is 11.9 Å². The van der Waals surface area contributed by atoms with Crippen LogP contribution in [0.1, 0.15) is 82.3 Å². The monoisotopic (exact) mass is 902 g/mol. The van der Waals surface area contributed by atoms with E-state index in [4.69, 9.17) is 14.2 Å². The molecular formula is C38H45AcNO10. The Balaban J connectivity index is 0.00000486. The largest absolute Gasteiger partial charge is 0.456 e. The summed E-state index contributed by atoms with van der Waals surface area (Å²) in [7, 11) is 0. The standard InChI is InChI=1S/C38H45NO10.Ac/c1-21-25-18-27(41)36(5)17-16-28-37(45,20-47-28)31(36)32(49-33(43)24-14-10-7-11-15-24)38(46,35(25,3)4)19-26(21)48-34(44)30(42)29(39-22(2)40)23-12-8-6-9-13-23;/h6-15,26,28-32,42,45-46H,16-20H2,1-5H3,(H,39,40);/t26?,28?,29?,30?,31?,32?,36-,37?,38?;/m0./s1. The van der Waals surface area contributed by atoms with E-state index in [0.29, 0.717) is 29.6 Å². The third-order valence-corrected chi connectivity index (χ3v) is 11.8. The number of carbonyl (C=O) groups excluding carboxylic acids is 4. The number of amides is 1. The van der Waals surface area contributed by atoms with Gasteiger partial charge in [-0.3, -0.25) is 9.59 Å². The van der Waals surface area contributed by atoms with Gasteiger partial charge < -0.3 is 34.8 Å². The zero-order valence-electron chi connectivity index (χ0n) is 29.0. The molecule has 0 aromatic heterocycles.